The fourth-order valence-electron chi connectivity index (χ4n) is 8.32. The topological polar surface area (TPSA) is 29.5 Å². The van der Waals surface area contributed by atoms with E-state index in [1.165, 1.54) is 65.0 Å². The van der Waals surface area contributed by atoms with Gasteiger partial charge in [0.1, 0.15) is 11.2 Å². The second kappa shape index (κ2) is 11.4. The highest BCUT2D eigenvalue weighted by molar-refractivity contribution is 6.14. The van der Waals surface area contributed by atoms with Crippen LogP contribution < -0.4 is 4.90 Å². The van der Waals surface area contributed by atoms with Crippen molar-refractivity contribution in [2.75, 3.05) is 4.90 Å². The Balaban J connectivity index is 1.20. The van der Waals surface area contributed by atoms with Gasteiger partial charge in [-0.2, -0.15) is 0 Å². The van der Waals surface area contributed by atoms with Crippen molar-refractivity contribution < 1.29 is 8.83 Å². The van der Waals surface area contributed by atoms with E-state index in [1.807, 2.05) is 6.07 Å². The molecule has 1 fully saturated rings. The molecule has 3 nitrogen and oxygen atoms in total. The van der Waals surface area contributed by atoms with Crippen molar-refractivity contribution >= 4 is 71.7 Å². The number of hydrogen-bond acceptors (Lipinski definition) is 3. The number of anilines is 3. The van der Waals surface area contributed by atoms with E-state index in [4.69, 9.17) is 8.83 Å². The highest BCUT2D eigenvalue weighted by Gasteiger charge is 2.25. The van der Waals surface area contributed by atoms with Gasteiger partial charge in [0.05, 0.1) is 11.4 Å². The standard InChI is InChI=1S/C46H35NO2/c1-2-12-31(13-3-1)36-19-9-20-39-40-22-11-24-42(46(40)49-44(36)39)47(41-23-10-21-38-37-17-6-7-25-43(37)48-45(38)41)33-28-26-32(27-29-33)35-18-8-15-30-14-4-5-16-34(30)35/h4-11,14-29,31H,1-3,12-13H2. The Kier molecular flexibility index (Phi) is 6.58. The molecule has 0 aliphatic heterocycles. The van der Waals surface area contributed by atoms with Gasteiger partial charge in [0.15, 0.2) is 11.2 Å². The van der Waals surface area contributed by atoms with E-state index in [1.54, 1.807) is 0 Å². The van der Waals surface area contributed by atoms with Gasteiger partial charge in [0.25, 0.3) is 0 Å². The van der Waals surface area contributed by atoms with Gasteiger partial charge in [-0.05, 0) is 76.6 Å². The number of para-hydroxylation sites is 4. The Morgan fingerprint density at radius 2 is 1.04 bits per heavy atom. The van der Waals surface area contributed by atoms with Crippen LogP contribution in [0, 0.1) is 0 Å². The molecule has 236 valence electrons. The molecule has 1 aliphatic carbocycles. The number of benzene rings is 7. The zero-order chi connectivity index (χ0) is 32.3. The first-order chi connectivity index (χ1) is 24.3. The fraction of sp³-hybridized carbons (Fsp3) is 0.130. The molecule has 0 N–H and O–H groups in total. The van der Waals surface area contributed by atoms with Crippen molar-refractivity contribution in [3.63, 3.8) is 0 Å². The highest BCUT2D eigenvalue weighted by atomic mass is 16.3. The summed E-state index contributed by atoms with van der Waals surface area (Å²) in [5.74, 6) is 0.545. The lowest BCUT2D eigenvalue weighted by molar-refractivity contribution is 0.442. The van der Waals surface area contributed by atoms with Gasteiger partial charge in [-0.15, -0.1) is 0 Å². The summed E-state index contributed by atoms with van der Waals surface area (Å²) in [6.45, 7) is 0. The molecule has 10 rings (SSSR count). The van der Waals surface area contributed by atoms with Gasteiger partial charge in [-0.3, -0.25) is 0 Å². The number of nitrogens with zero attached hydrogens (tertiary/aromatic N) is 1. The summed E-state index contributed by atoms with van der Waals surface area (Å²) in [5, 5.41) is 7.04. The third-order valence-corrected chi connectivity index (χ3v) is 10.7. The fourth-order valence-corrected chi connectivity index (χ4v) is 8.32. The van der Waals surface area contributed by atoms with Crippen LogP contribution in [0.4, 0.5) is 17.1 Å². The largest absolute Gasteiger partial charge is 0.454 e. The van der Waals surface area contributed by atoms with E-state index in [0.717, 1.165) is 55.6 Å². The molecule has 0 amide bonds. The Labute approximate surface area is 285 Å². The lowest BCUT2D eigenvalue weighted by Gasteiger charge is -2.26. The van der Waals surface area contributed by atoms with Crippen molar-refractivity contribution in [2.45, 2.75) is 38.0 Å². The number of hydrogen-bond donors (Lipinski definition) is 0. The summed E-state index contributed by atoms with van der Waals surface area (Å²) >= 11 is 0. The minimum Gasteiger partial charge on any atom is -0.454 e. The molecule has 2 heterocycles. The average molecular weight is 634 g/mol. The summed E-state index contributed by atoms with van der Waals surface area (Å²) in [4.78, 5) is 2.32. The van der Waals surface area contributed by atoms with E-state index in [0.29, 0.717) is 5.92 Å². The average Bonchev–Trinajstić information content (AvgIpc) is 3.75. The first kappa shape index (κ1) is 28.2. The van der Waals surface area contributed by atoms with E-state index in [9.17, 15) is 0 Å². The molecule has 7 aromatic carbocycles. The smallest absolute Gasteiger partial charge is 0.159 e. The summed E-state index contributed by atoms with van der Waals surface area (Å²) < 4.78 is 13.7. The monoisotopic (exact) mass is 633 g/mol. The molecule has 0 atom stereocenters. The zero-order valence-corrected chi connectivity index (χ0v) is 27.2. The maximum atomic E-state index is 7.03. The van der Waals surface area contributed by atoms with Crippen LogP contribution in [0.1, 0.15) is 43.6 Å². The summed E-state index contributed by atoms with van der Waals surface area (Å²) in [6.07, 6.45) is 6.37. The van der Waals surface area contributed by atoms with Crippen LogP contribution in [-0.4, -0.2) is 0 Å². The maximum absolute atomic E-state index is 7.03. The van der Waals surface area contributed by atoms with Gasteiger partial charge in [0, 0.05) is 27.2 Å². The van der Waals surface area contributed by atoms with E-state index in [-0.39, 0.29) is 0 Å². The molecule has 0 spiro atoms. The predicted molar refractivity (Wildman–Crippen MR) is 204 cm³/mol. The van der Waals surface area contributed by atoms with E-state index < -0.39 is 0 Å². The van der Waals surface area contributed by atoms with Gasteiger partial charge in [-0.1, -0.05) is 135 Å². The normalized spacial score (nSPS) is 14.0. The molecule has 49 heavy (non-hydrogen) atoms. The third-order valence-electron chi connectivity index (χ3n) is 10.7. The molecule has 2 aromatic heterocycles. The number of fused-ring (bicyclic) bond motifs is 7. The van der Waals surface area contributed by atoms with Crippen LogP contribution in [0.15, 0.2) is 154 Å². The molecule has 9 aromatic rings. The first-order valence-electron chi connectivity index (χ1n) is 17.5. The SMILES string of the molecule is c1ccc2c(-c3ccc(N(c4cccc5c4oc4ccccc45)c4cccc5c4oc4c(C6CCCCC6)cccc45)cc3)cccc2c1. The molecule has 3 heteroatoms. The van der Waals surface area contributed by atoms with Crippen molar-refractivity contribution in [3.8, 4) is 11.1 Å². The first-order valence-corrected chi connectivity index (χ1v) is 17.5. The Bertz CT molecular complexity index is 2650. The van der Waals surface area contributed by atoms with Crippen molar-refractivity contribution in [1.29, 1.82) is 0 Å². The third kappa shape index (κ3) is 4.57. The van der Waals surface area contributed by atoms with Crippen LogP contribution in [0.2, 0.25) is 0 Å². The Morgan fingerprint density at radius 1 is 0.449 bits per heavy atom. The number of rotatable bonds is 5. The Hall–Kier alpha value is -5.80. The summed E-state index contributed by atoms with van der Waals surface area (Å²) in [7, 11) is 0. The lowest BCUT2D eigenvalue weighted by atomic mass is 9.83. The lowest BCUT2D eigenvalue weighted by Crippen LogP contribution is -2.10. The summed E-state index contributed by atoms with van der Waals surface area (Å²) in [6, 6.07) is 52.1. The predicted octanol–water partition coefficient (Wildman–Crippen LogP) is 13.8. The van der Waals surface area contributed by atoms with Crippen molar-refractivity contribution in [2.24, 2.45) is 0 Å². The van der Waals surface area contributed by atoms with Crippen LogP contribution in [0.3, 0.4) is 0 Å². The molecule has 0 radical (unpaired) electrons. The Morgan fingerprint density at radius 3 is 1.84 bits per heavy atom. The van der Waals surface area contributed by atoms with Crippen molar-refractivity contribution in [3.05, 3.63) is 151 Å². The molecule has 1 aliphatic rings. The van der Waals surface area contributed by atoms with Crippen LogP contribution in [-0.2, 0) is 0 Å². The molecule has 0 bridgehead atoms. The number of furan rings is 2. The molecular weight excluding hydrogens is 599 g/mol. The molecule has 0 unspecified atom stereocenters. The minimum absolute atomic E-state index is 0.545. The minimum atomic E-state index is 0.545. The molecular formula is C46H35NO2. The van der Waals surface area contributed by atoms with Gasteiger partial charge in [0.2, 0.25) is 0 Å². The quantitative estimate of drug-likeness (QED) is 0.189. The van der Waals surface area contributed by atoms with Crippen LogP contribution >= 0.6 is 0 Å². The van der Waals surface area contributed by atoms with Crippen molar-refractivity contribution in [1.82, 2.24) is 0 Å². The molecule has 1 saturated carbocycles. The van der Waals surface area contributed by atoms with Crippen LogP contribution in [0.5, 0.6) is 0 Å². The van der Waals surface area contributed by atoms with Gasteiger partial charge >= 0.3 is 0 Å². The van der Waals surface area contributed by atoms with Gasteiger partial charge in [-0.25, -0.2) is 0 Å². The van der Waals surface area contributed by atoms with E-state index in [2.05, 4.69) is 144 Å². The molecule has 0 saturated heterocycles. The highest BCUT2D eigenvalue weighted by Crippen LogP contribution is 2.47. The van der Waals surface area contributed by atoms with E-state index >= 15 is 0 Å². The van der Waals surface area contributed by atoms with Gasteiger partial charge < -0.3 is 13.7 Å². The zero-order valence-electron chi connectivity index (χ0n) is 27.2. The second-order valence-corrected chi connectivity index (χ2v) is 13.5. The maximum Gasteiger partial charge on any atom is 0.159 e. The second-order valence-electron chi connectivity index (χ2n) is 13.5. The van der Waals surface area contributed by atoms with Crippen LogP contribution in [0.25, 0.3) is 65.8 Å². The summed E-state index contributed by atoms with van der Waals surface area (Å²) in [5.41, 5.74) is 10.4.